The molecule has 1 N–H and O–H groups in total. The maximum absolute atomic E-state index is 6.20. The van der Waals surface area contributed by atoms with Gasteiger partial charge in [0.1, 0.15) is 11.2 Å². The van der Waals surface area contributed by atoms with Gasteiger partial charge in [-0.1, -0.05) is 66.7 Å². The number of aromatic amines is 1. The summed E-state index contributed by atoms with van der Waals surface area (Å²) in [6.45, 7) is 0. The molecule has 0 aliphatic rings. The van der Waals surface area contributed by atoms with Gasteiger partial charge in [0, 0.05) is 49.0 Å². The van der Waals surface area contributed by atoms with Crippen LogP contribution in [-0.4, -0.2) is 9.55 Å². The predicted octanol–water partition coefficient (Wildman–Crippen LogP) is 9.98. The summed E-state index contributed by atoms with van der Waals surface area (Å²) in [5.74, 6) is 0. The van der Waals surface area contributed by atoms with Gasteiger partial charge < -0.3 is 14.0 Å². The monoisotopic (exact) mass is 498 g/mol. The third kappa shape index (κ3) is 2.87. The van der Waals surface area contributed by atoms with Crippen LogP contribution in [0.3, 0.4) is 0 Å². The van der Waals surface area contributed by atoms with E-state index in [0.717, 1.165) is 38.5 Å². The number of nitrogens with zero attached hydrogens (tertiary/aromatic N) is 1. The molecule has 3 heteroatoms. The van der Waals surface area contributed by atoms with Gasteiger partial charge in [0.05, 0.1) is 11.0 Å². The van der Waals surface area contributed by atoms with E-state index in [9.17, 15) is 0 Å². The molecule has 0 atom stereocenters. The molecule has 3 heterocycles. The van der Waals surface area contributed by atoms with Crippen LogP contribution < -0.4 is 0 Å². The quantitative estimate of drug-likeness (QED) is 0.253. The van der Waals surface area contributed by atoms with Crippen molar-refractivity contribution in [3.63, 3.8) is 0 Å². The van der Waals surface area contributed by atoms with Gasteiger partial charge >= 0.3 is 0 Å². The Balaban J connectivity index is 1.34. The van der Waals surface area contributed by atoms with Gasteiger partial charge in [-0.25, -0.2) is 0 Å². The number of hydrogen-bond donors (Lipinski definition) is 1. The highest BCUT2D eigenvalue weighted by Gasteiger charge is 2.18. The minimum Gasteiger partial charge on any atom is -0.456 e. The van der Waals surface area contributed by atoms with E-state index in [2.05, 4.69) is 125 Å². The number of benzene rings is 6. The first-order chi connectivity index (χ1) is 19.3. The van der Waals surface area contributed by atoms with Crippen LogP contribution in [-0.2, 0) is 0 Å². The van der Waals surface area contributed by atoms with Crippen molar-refractivity contribution in [1.29, 1.82) is 0 Å². The van der Waals surface area contributed by atoms with Crippen LogP contribution in [0.2, 0.25) is 0 Å². The number of H-pyrrole nitrogens is 1. The van der Waals surface area contributed by atoms with Gasteiger partial charge in [0.25, 0.3) is 0 Å². The van der Waals surface area contributed by atoms with Crippen LogP contribution >= 0.6 is 0 Å². The highest BCUT2D eigenvalue weighted by molar-refractivity contribution is 6.28. The molecule has 0 bridgehead atoms. The van der Waals surface area contributed by atoms with Gasteiger partial charge in [-0.05, 0) is 71.8 Å². The molecule has 6 aromatic carbocycles. The van der Waals surface area contributed by atoms with Crippen LogP contribution in [0, 0.1) is 0 Å². The molecule has 0 spiro atoms. The molecule has 9 aromatic rings. The normalized spacial score (nSPS) is 12.1. The molecular weight excluding hydrogens is 476 g/mol. The fourth-order valence-corrected chi connectivity index (χ4v) is 6.39. The number of rotatable bonds is 2. The Morgan fingerprint density at radius 1 is 0.462 bits per heavy atom. The number of hydrogen-bond acceptors (Lipinski definition) is 1. The molecule has 0 aliphatic heterocycles. The molecule has 3 aromatic heterocycles. The molecule has 0 unspecified atom stereocenters. The summed E-state index contributed by atoms with van der Waals surface area (Å²) in [7, 11) is 0. The zero-order valence-electron chi connectivity index (χ0n) is 21.0. The average Bonchev–Trinajstić information content (AvgIpc) is 3.65. The Labute approximate surface area is 223 Å². The van der Waals surface area contributed by atoms with Crippen molar-refractivity contribution in [2.24, 2.45) is 0 Å². The first-order valence-electron chi connectivity index (χ1n) is 13.3. The van der Waals surface area contributed by atoms with Crippen molar-refractivity contribution in [3.8, 4) is 16.8 Å². The Hall–Kier alpha value is -5.28. The lowest BCUT2D eigenvalue weighted by atomic mass is 10.00. The molecule has 3 nitrogen and oxygen atoms in total. The van der Waals surface area contributed by atoms with Crippen LogP contribution in [0.25, 0.3) is 82.4 Å². The van der Waals surface area contributed by atoms with Crippen LogP contribution in [0.5, 0.6) is 0 Å². The second kappa shape index (κ2) is 7.62. The van der Waals surface area contributed by atoms with E-state index >= 15 is 0 Å². The van der Waals surface area contributed by atoms with E-state index in [1.165, 1.54) is 43.8 Å². The minimum absolute atomic E-state index is 0.918. The second-order valence-corrected chi connectivity index (χ2v) is 10.3. The topological polar surface area (TPSA) is 33.9 Å². The summed E-state index contributed by atoms with van der Waals surface area (Å²) in [6, 6.07) is 45.3. The van der Waals surface area contributed by atoms with E-state index < -0.39 is 0 Å². The largest absolute Gasteiger partial charge is 0.456 e. The summed E-state index contributed by atoms with van der Waals surface area (Å²) in [4.78, 5) is 3.68. The Kier molecular flexibility index (Phi) is 4.05. The van der Waals surface area contributed by atoms with E-state index in [4.69, 9.17) is 4.42 Å². The molecule has 0 saturated heterocycles. The Bertz CT molecular complexity index is 2390. The van der Waals surface area contributed by atoms with Gasteiger partial charge in [-0.2, -0.15) is 0 Å². The smallest absolute Gasteiger partial charge is 0.136 e. The Morgan fingerprint density at radius 2 is 1.18 bits per heavy atom. The summed E-state index contributed by atoms with van der Waals surface area (Å²) < 4.78 is 8.58. The molecule has 0 saturated carbocycles. The highest BCUT2D eigenvalue weighted by atomic mass is 16.3. The molecular formula is C36H22N2O. The molecule has 39 heavy (non-hydrogen) atoms. The van der Waals surface area contributed by atoms with Gasteiger partial charge in [0.15, 0.2) is 0 Å². The fraction of sp³-hybridized carbons (Fsp3) is 0. The summed E-state index contributed by atoms with van der Waals surface area (Å²) in [5, 5.41) is 7.34. The fourth-order valence-electron chi connectivity index (χ4n) is 6.39. The zero-order valence-corrected chi connectivity index (χ0v) is 21.0. The minimum atomic E-state index is 0.918. The Morgan fingerprint density at radius 3 is 2.10 bits per heavy atom. The van der Waals surface area contributed by atoms with Gasteiger partial charge in [-0.3, -0.25) is 0 Å². The van der Waals surface area contributed by atoms with Crippen LogP contribution in [0.15, 0.2) is 132 Å². The van der Waals surface area contributed by atoms with E-state index in [0.29, 0.717) is 0 Å². The van der Waals surface area contributed by atoms with Crippen molar-refractivity contribution < 1.29 is 4.42 Å². The van der Waals surface area contributed by atoms with E-state index in [1.54, 1.807) is 0 Å². The predicted molar refractivity (Wildman–Crippen MR) is 163 cm³/mol. The molecule has 0 fully saturated rings. The number of aromatic nitrogens is 2. The number of nitrogens with one attached hydrogen (secondary N) is 1. The van der Waals surface area contributed by atoms with E-state index in [-0.39, 0.29) is 0 Å². The second-order valence-electron chi connectivity index (χ2n) is 10.3. The third-order valence-electron chi connectivity index (χ3n) is 8.12. The van der Waals surface area contributed by atoms with Crippen molar-refractivity contribution in [2.45, 2.75) is 0 Å². The van der Waals surface area contributed by atoms with Crippen molar-refractivity contribution in [1.82, 2.24) is 9.55 Å². The first kappa shape index (κ1) is 20.7. The lowest BCUT2D eigenvalue weighted by molar-refractivity contribution is 0.669. The molecule has 182 valence electrons. The summed E-state index contributed by atoms with van der Waals surface area (Å²) in [6.07, 6.45) is 0. The molecule has 0 amide bonds. The SMILES string of the molecule is c1ccc(-n2c3ccccc3c3c4c(ccc32)[nH]c2ccc(-c3ccc5c(c3)oc3ccccc35)cc24)cc1. The van der Waals surface area contributed by atoms with Gasteiger partial charge in [-0.15, -0.1) is 0 Å². The molecule has 0 radical (unpaired) electrons. The lowest BCUT2D eigenvalue weighted by Gasteiger charge is -2.07. The zero-order chi connectivity index (χ0) is 25.5. The molecule has 0 aliphatic carbocycles. The van der Waals surface area contributed by atoms with Crippen LogP contribution in [0.1, 0.15) is 0 Å². The van der Waals surface area contributed by atoms with E-state index in [1.807, 2.05) is 12.1 Å². The first-order valence-corrected chi connectivity index (χ1v) is 13.3. The standard InChI is InChI=1S/C36H22N2O/c1-2-8-24(9-3-1)38-31-12-6-4-11-27(31)36-32(38)19-18-30-35(36)28-20-22(15-17-29(28)37-30)23-14-16-26-25-10-5-7-13-33(25)39-34(26)21-23/h1-21,37H. The maximum Gasteiger partial charge on any atom is 0.136 e. The number of furan rings is 1. The van der Waals surface area contributed by atoms with Crippen molar-refractivity contribution in [2.75, 3.05) is 0 Å². The number of para-hydroxylation sites is 3. The molecule has 9 rings (SSSR count). The summed E-state index contributed by atoms with van der Waals surface area (Å²) >= 11 is 0. The maximum atomic E-state index is 6.20. The van der Waals surface area contributed by atoms with Crippen molar-refractivity contribution >= 4 is 65.6 Å². The van der Waals surface area contributed by atoms with Gasteiger partial charge in [0.2, 0.25) is 0 Å². The highest BCUT2D eigenvalue weighted by Crippen LogP contribution is 2.41. The van der Waals surface area contributed by atoms with Crippen molar-refractivity contribution in [3.05, 3.63) is 127 Å². The lowest BCUT2D eigenvalue weighted by Crippen LogP contribution is -1.92. The summed E-state index contributed by atoms with van der Waals surface area (Å²) in [5.41, 5.74) is 10.1. The number of fused-ring (bicyclic) bond motifs is 10. The average molecular weight is 499 g/mol. The van der Waals surface area contributed by atoms with Crippen LogP contribution in [0.4, 0.5) is 0 Å². The third-order valence-corrected chi connectivity index (χ3v) is 8.12.